The SMILES string of the molecule is CC(C)(C)OC(=O)N1CCC[C@H]1C1NC=C(Br)N1. The van der Waals surface area contributed by atoms with Crippen LogP contribution in [-0.4, -0.2) is 35.3 Å². The minimum atomic E-state index is -0.445. The number of nitrogens with zero attached hydrogens (tertiary/aromatic N) is 1. The van der Waals surface area contributed by atoms with Gasteiger partial charge in [-0.25, -0.2) is 4.79 Å². The van der Waals surface area contributed by atoms with E-state index in [1.54, 1.807) is 0 Å². The molecule has 2 aliphatic heterocycles. The number of halogens is 1. The van der Waals surface area contributed by atoms with Gasteiger partial charge in [0.25, 0.3) is 0 Å². The fourth-order valence-corrected chi connectivity index (χ4v) is 2.67. The van der Waals surface area contributed by atoms with E-state index in [1.165, 1.54) is 0 Å². The number of likely N-dealkylation sites (tertiary alicyclic amines) is 1. The summed E-state index contributed by atoms with van der Waals surface area (Å²) in [6, 6.07) is 0.131. The lowest BCUT2D eigenvalue weighted by Gasteiger charge is -2.31. The zero-order chi connectivity index (χ0) is 13.3. The van der Waals surface area contributed by atoms with Crippen molar-refractivity contribution in [3.63, 3.8) is 0 Å². The molecule has 2 N–H and O–H groups in total. The third-order valence-electron chi connectivity index (χ3n) is 3.00. The Bertz CT molecular complexity index is 365. The maximum atomic E-state index is 12.1. The smallest absolute Gasteiger partial charge is 0.410 e. The molecular formula is C12H20BrN3O2. The van der Waals surface area contributed by atoms with Crippen molar-refractivity contribution >= 4 is 22.0 Å². The Labute approximate surface area is 116 Å². The average Bonchev–Trinajstić information content (AvgIpc) is 2.81. The lowest BCUT2D eigenvalue weighted by atomic mass is 10.1. The first-order valence-electron chi connectivity index (χ1n) is 6.25. The third kappa shape index (κ3) is 3.10. The van der Waals surface area contributed by atoms with Gasteiger partial charge in [-0.2, -0.15) is 0 Å². The van der Waals surface area contributed by atoms with Crippen LogP contribution in [0.2, 0.25) is 0 Å². The molecule has 0 aromatic carbocycles. The molecule has 1 saturated heterocycles. The van der Waals surface area contributed by atoms with Crippen molar-refractivity contribution in [3.8, 4) is 0 Å². The van der Waals surface area contributed by atoms with Crippen molar-refractivity contribution in [3.05, 3.63) is 10.8 Å². The maximum Gasteiger partial charge on any atom is 0.410 e. The van der Waals surface area contributed by atoms with Crippen LogP contribution in [0.15, 0.2) is 10.8 Å². The van der Waals surface area contributed by atoms with Gasteiger partial charge in [-0.1, -0.05) is 0 Å². The van der Waals surface area contributed by atoms with E-state index in [0.29, 0.717) is 0 Å². The monoisotopic (exact) mass is 317 g/mol. The zero-order valence-electron chi connectivity index (χ0n) is 11.0. The molecule has 2 aliphatic rings. The molecule has 1 unspecified atom stereocenters. The van der Waals surface area contributed by atoms with Crippen LogP contribution >= 0.6 is 15.9 Å². The van der Waals surface area contributed by atoms with Crippen molar-refractivity contribution in [2.75, 3.05) is 6.54 Å². The fourth-order valence-electron chi connectivity index (χ4n) is 2.29. The number of hydrogen-bond donors (Lipinski definition) is 2. The predicted octanol–water partition coefficient (Wildman–Crippen LogP) is 2.10. The highest BCUT2D eigenvalue weighted by molar-refractivity contribution is 9.11. The van der Waals surface area contributed by atoms with Crippen LogP contribution in [0, 0.1) is 0 Å². The van der Waals surface area contributed by atoms with Crippen LogP contribution in [0.5, 0.6) is 0 Å². The lowest BCUT2D eigenvalue weighted by Crippen LogP contribution is -2.52. The molecule has 2 rings (SSSR count). The fraction of sp³-hybridized carbons (Fsp3) is 0.750. The Kier molecular flexibility index (Phi) is 3.75. The van der Waals surface area contributed by atoms with E-state index in [1.807, 2.05) is 31.9 Å². The van der Waals surface area contributed by atoms with E-state index in [2.05, 4.69) is 26.6 Å². The molecule has 0 saturated carbocycles. The molecule has 0 aromatic heterocycles. The van der Waals surface area contributed by atoms with Gasteiger partial charge in [0, 0.05) is 12.7 Å². The van der Waals surface area contributed by atoms with E-state index in [9.17, 15) is 4.79 Å². The van der Waals surface area contributed by atoms with Gasteiger partial charge in [0.05, 0.1) is 10.6 Å². The molecule has 0 radical (unpaired) electrons. The van der Waals surface area contributed by atoms with Crippen molar-refractivity contribution in [2.24, 2.45) is 0 Å². The summed E-state index contributed by atoms with van der Waals surface area (Å²) in [6.07, 6.45) is 3.71. The van der Waals surface area contributed by atoms with Gasteiger partial charge in [0.2, 0.25) is 0 Å². The molecule has 1 fully saturated rings. The number of nitrogens with one attached hydrogen (secondary N) is 2. The van der Waals surface area contributed by atoms with Gasteiger partial charge in [0.15, 0.2) is 0 Å². The molecule has 5 nitrogen and oxygen atoms in total. The topological polar surface area (TPSA) is 53.6 Å². The predicted molar refractivity (Wildman–Crippen MR) is 73.0 cm³/mol. The van der Waals surface area contributed by atoms with Crippen LogP contribution in [0.4, 0.5) is 4.79 Å². The van der Waals surface area contributed by atoms with Gasteiger partial charge in [0.1, 0.15) is 11.8 Å². The largest absolute Gasteiger partial charge is 0.444 e. The zero-order valence-corrected chi connectivity index (χ0v) is 12.6. The van der Waals surface area contributed by atoms with Crippen molar-refractivity contribution < 1.29 is 9.53 Å². The summed E-state index contributed by atoms with van der Waals surface area (Å²) in [5, 5.41) is 6.49. The molecule has 0 spiro atoms. The summed E-state index contributed by atoms with van der Waals surface area (Å²) >= 11 is 3.38. The summed E-state index contributed by atoms with van der Waals surface area (Å²) in [5.41, 5.74) is -0.445. The van der Waals surface area contributed by atoms with E-state index < -0.39 is 5.60 Å². The highest BCUT2D eigenvalue weighted by Crippen LogP contribution is 2.24. The number of carbonyl (C=O) groups excluding carboxylic acids is 1. The molecule has 1 amide bonds. The van der Waals surface area contributed by atoms with Gasteiger partial charge < -0.3 is 20.3 Å². The summed E-state index contributed by atoms with van der Waals surface area (Å²) < 4.78 is 6.36. The van der Waals surface area contributed by atoms with Gasteiger partial charge in [-0.15, -0.1) is 0 Å². The van der Waals surface area contributed by atoms with Crippen LogP contribution in [0.3, 0.4) is 0 Å². The minimum Gasteiger partial charge on any atom is -0.444 e. The third-order valence-corrected chi connectivity index (χ3v) is 3.45. The quantitative estimate of drug-likeness (QED) is 0.727. The number of rotatable bonds is 1. The Morgan fingerprint density at radius 3 is 2.83 bits per heavy atom. The summed E-state index contributed by atoms with van der Waals surface area (Å²) in [4.78, 5) is 13.9. The second-order valence-corrected chi connectivity index (χ2v) is 6.52. The molecule has 0 bridgehead atoms. The van der Waals surface area contributed by atoms with Crippen LogP contribution < -0.4 is 10.6 Å². The van der Waals surface area contributed by atoms with E-state index in [0.717, 1.165) is 24.0 Å². The van der Waals surface area contributed by atoms with Crippen molar-refractivity contribution in [2.45, 2.75) is 51.4 Å². The van der Waals surface area contributed by atoms with Gasteiger partial charge in [-0.3, -0.25) is 0 Å². The van der Waals surface area contributed by atoms with Crippen LogP contribution in [0.1, 0.15) is 33.6 Å². The molecule has 2 heterocycles. The van der Waals surface area contributed by atoms with Gasteiger partial charge >= 0.3 is 6.09 Å². The Morgan fingerprint density at radius 1 is 1.56 bits per heavy atom. The summed E-state index contributed by atoms with van der Waals surface area (Å²) in [5.74, 6) is 0. The molecule has 0 aliphatic carbocycles. The number of ether oxygens (including phenoxy) is 1. The summed E-state index contributed by atoms with van der Waals surface area (Å²) in [6.45, 7) is 6.43. The molecule has 102 valence electrons. The first-order chi connectivity index (χ1) is 8.37. The second-order valence-electron chi connectivity index (χ2n) is 5.66. The molecular weight excluding hydrogens is 298 g/mol. The van der Waals surface area contributed by atoms with E-state index in [4.69, 9.17) is 4.74 Å². The molecule has 18 heavy (non-hydrogen) atoms. The Hall–Kier alpha value is -0.910. The van der Waals surface area contributed by atoms with Crippen LogP contribution in [0.25, 0.3) is 0 Å². The highest BCUT2D eigenvalue weighted by atomic mass is 79.9. The molecule has 0 aromatic rings. The maximum absolute atomic E-state index is 12.1. The highest BCUT2D eigenvalue weighted by Gasteiger charge is 2.38. The van der Waals surface area contributed by atoms with Crippen LogP contribution in [-0.2, 0) is 4.74 Å². The number of hydrogen-bond acceptors (Lipinski definition) is 4. The number of carbonyl (C=O) groups is 1. The lowest BCUT2D eigenvalue weighted by molar-refractivity contribution is 0.0196. The van der Waals surface area contributed by atoms with E-state index >= 15 is 0 Å². The average molecular weight is 318 g/mol. The first kappa shape index (κ1) is 13.5. The van der Waals surface area contributed by atoms with Crippen molar-refractivity contribution in [1.82, 2.24) is 15.5 Å². The Balaban J connectivity index is 1.97. The van der Waals surface area contributed by atoms with E-state index in [-0.39, 0.29) is 18.3 Å². The second kappa shape index (κ2) is 4.99. The minimum absolute atomic E-state index is 0.0643. The van der Waals surface area contributed by atoms with Gasteiger partial charge in [-0.05, 0) is 49.5 Å². The first-order valence-corrected chi connectivity index (χ1v) is 7.04. The number of amides is 1. The standard InChI is InChI=1S/C12H20BrN3O2/c1-12(2,3)18-11(17)16-6-4-5-8(16)10-14-7-9(13)15-10/h7-8,10,14-15H,4-6H2,1-3H3/t8-,10?/m0/s1. The Morgan fingerprint density at radius 2 is 2.28 bits per heavy atom. The molecule has 2 atom stereocenters. The normalized spacial score (nSPS) is 27.6. The molecule has 6 heteroatoms. The van der Waals surface area contributed by atoms with Crippen molar-refractivity contribution in [1.29, 1.82) is 0 Å². The summed E-state index contributed by atoms with van der Waals surface area (Å²) in [7, 11) is 0.